The van der Waals surface area contributed by atoms with Gasteiger partial charge in [0.05, 0.1) is 17.2 Å². The van der Waals surface area contributed by atoms with Crippen LogP contribution in [0.4, 0.5) is 0 Å². The summed E-state index contributed by atoms with van der Waals surface area (Å²) in [6, 6.07) is 10.7. The fourth-order valence-corrected chi connectivity index (χ4v) is 4.38. The van der Waals surface area contributed by atoms with Crippen molar-refractivity contribution in [3.05, 3.63) is 74.6 Å². The molecule has 1 unspecified atom stereocenters. The van der Waals surface area contributed by atoms with E-state index in [1.165, 1.54) is 27.4 Å². The van der Waals surface area contributed by atoms with Crippen molar-refractivity contribution >= 4 is 39.8 Å². The van der Waals surface area contributed by atoms with Crippen LogP contribution in [0.5, 0.6) is 0 Å². The highest BCUT2D eigenvalue weighted by Gasteiger charge is 2.27. The average Bonchev–Trinajstić information content (AvgIpc) is 3.11. The first-order valence-electron chi connectivity index (χ1n) is 10.2. The largest absolute Gasteiger partial charge is 0.378 e. The van der Waals surface area contributed by atoms with Crippen LogP contribution in [0.2, 0.25) is 0 Å². The predicted molar refractivity (Wildman–Crippen MR) is 126 cm³/mol. The maximum Gasteiger partial charge on any atom is 0.333 e. The highest BCUT2D eigenvalue weighted by atomic mass is 32.2. The lowest BCUT2D eigenvalue weighted by molar-refractivity contribution is -0.129. The number of nitrogens with zero attached hydrogens (tertiary/aromatic N) is 5. The molecule has 0 radical (unpaired) electrons. The van der Waals surface area contributed by atoms with E-state index in [0.29, 0.717) is 6.42 Å². The van der Waals surface area contributed by atoms with E-state index < -0.39 is 11.2 Å². The van der Waals surface area contributed by atoms with Gasteiger partial charge in [-0.05, 0) is 29.7 Å². The van der Waals surface area contributed by atoms with Crippen LogP contribution in [0.15, 0.2) is 57.2 Å². The van der Waals surface area contributed by atoms with Crippen molar-refractivity contribution in [1.82, 2.24) is 19.0 Å². The topological polar surface area (TPSA) is 133 Å². The third-order valence-electron chi connectivity index (χ3n) is 5.32. The highest BCUT2D eigenvalue weighted by Crippen LogP contribution is 2.23. The second-order valence-corrected chi connectivity index (χ2v) is 9.06. The lowest BCUT2D eigenvalue weighted by atomic mass is 10.1. The Bertz CT molecular complexity index is 1390. The Morgan fingerprint density at radius 1 is 1.09 bits per heavy atom. The number of amidine groups is 1. The van der Waals surface area contributed by atoms with Crippen LogP contribution in [0, 0.1) is 0 Å². The summed E-state index contributed by atoms with van der Waals surface area (Å²) in [4.78, 5) is 59.4. The molecule has 1 aliphatic heterocycles. The van der Waals surface area contributed by atoms with Crippen LogP contribution in [0.3, 0.4) is 0 Å². The number of carbonyl (C=O) groups excluding carboxylic acids is 2. The van der Waals surface area contributed by atoms with E-state index in [-0.39, 0.29) is 46.4 Å². The summed E-state index contributed by atoms with van der Waals surface area (Å²) in [7, 11) is 3.13. The molecule has 4 rings (SSSR count). The van der Waals surface area contributed by atoms with Crippen molar-refractivity contribution in [2.45, 2.75) is 24.8 Å². The first kappa shape index (κ1) is 22.5. The Hall–Kier alpha value is -3.73. The summed E-state index contributed by atoms with van der Waals surface area (Å²) in [5.41, 5.74) is 6.45. The molecule has 10 nitrogen and oxygen atoms in total. The minimum absolute atomic E-state index is 0.163. The fraction of sp³-hybridized carbons (Fsp3) is 0.273. The summed E-state index contributed by atoms with van der Waals surface area (Å²) >= 11 is 1.25. The standard InChI is InChI=1S/C22H22N6O4S/c1-26(2)17(29)12-28-20(31)15-4-3-9-24-18(15)27(22(28)32)11-14-7-5-13(6-8-14)10-16-19(30)25-21(23)33-16/h3-9,16H,10-12H2,1-2H3,(H2,23,25,30). The van der Waals surface area contributed by atoms with E-state index in [4.69, 9.17) is 5.73 Å². The number of benzene rings is 1. The molecule has 0 aliphatic carbocycles. The zero-order valence-corrected chi connectivity index (χ0v) is 18.9. The van der Waals surface area contributed by atoms with Gasteiger partial charge in [0.1, 0.15) is 12.2 Å². The quantitative estimate of drug-likeness (QED) is 0.548. The Labute approximate surface area is 192 Å². The molecule has 0 fully saturated rings. The van der Waals surface area contributed by atoms with E-state index in [1.54, 1.807) is 26.2 Å². The molecule has 2 N–H and O–H groups in total. The zero-order valence-electron chi connectivity index (χ0n) is 18.1. The molecule has 170 valence electrons. The SMILES string of the molecule is CN(C)C(=O)Cn1c(=O)c2cccnc2n(Cc2ccc(CC3SC(N)=NC3=O)cc2)c1=O. The molecule has 0 spiro atoms. The maximum atomic E-state index is 13.2. The van der Waals surface area contributed by atoms with Crippen LogP contribution < -0.4 is 17.0 Å². The number of nitrogens with two attached hydrogens (primary N) is 1. The smallest absolute Gasteiger partial charge is 0.333 e. The number of amides is 2. The molecule has 3 aromatic rings. The molecular formula is C22H22N6O4S. The summed E-state index contributed by atoms with van der Waals surface area (Å²) < 4.78 is 2.33. The number of carbonyl (C=O) groups is 2. The predicted octanol–water partition coefficient (Wildman–Crippen LogP) is 0.194. The van der Waals surface area contributed by atoms with Gasteiger partial charge in [0.25, 0.3) is 11.5 Å². The second kappa shape index (κ2) is 9.02. The van der Waals surface area contributed by atoms with Gasteiger partial charge in [-0.15, -0.1) is 0 Å². The normalized spacial score (nSPS) is 15.6. The number of hydrogen-bond acceptors (Lipinski definition) is 7. The van der Waals surface area contributed by atoms with Gasteiger partial charge in [-0.3, -0.25) is 23.5 Å². The van der Waals surface area contributed by atoms with Crippen molar-refractivity contribution in [3.8, 4) is 0 Å². The van der Waals surface area contributed by atoms with Crippen LogP contribution in [-0.4, -0.2) is 55.3 Å². The van der Waals surface area contributed by atoms with Crippen LogP contribution in [0.1, 0.15) is 11.1 Å². The summed E-state index contributed by atoms with van der Waals surface area (Å²) in [6.45, 7) is -0.192. The van der Waals surface area contributed by atoms with Crippen LogP contribution in [0.25, 0.3) is 11.0 Å². The van der Waals surface area contributed by atoms with E-state index in [2.05, 4.69) is 9.98 Å². The number of thioether (sulfide) groups is 1. The summed E-state index contributed by atoms with van der Waals surface area (Å²) in [5.74, 6) is -0.600. The van der Waals surface area contributed by atoms with E-state index in [0.717, 1.165) is 15.7 Å². The van der Waals surface area contributed by atoms with Crippen molar-refractivity contribution in [2.24, 2.45) is 10.7 Å². The van der Waals surface area contributed by atoms with Crippen LogP contribution in [-0.2, 0) is 29.1 Å². The first-order chi connectivity index (χ1) is 15.7. The number of aromatic nitrogens is 3. The molecule has 0 saturated heterocycles. The Kier molecular flexibility index (Phi) is 6.14. The monoisotopic (exact) mass is 466 g/mol. The number of rotatable bonds is 6. The third-order valence-corrected chi connectivity index (χ3v) is 6.30. The van der Waals surface area contributed by atoms with E-state index in [9.17, 15) is 19.2 Å². The Morgan fingerprint density at radius 2 is 1.79 bits per heavy atom. The minimum atomic E-state index is -0.606. The fourth-order valence-electron chi connectivity index (χ4n) is 3.52. The molecule has 1 aliphatic rings. The molecule has 0 bridgehead atoms. The molecule has 2 amide bonds. The molecule has 11 heteroatoms. The molecule has 2 aromatic heterocycles. The van der Waals surface area contributed by atoms with E-state index >= 15 is 0 Å². The maximum absolute atomic E-state index is 13.2. The Morgan fingerprint density at radius 3 is 2.42 bits per heavy atom. The molecular weight excluding hydrogens is 444 g/mol. The van der Waals surface area contributed by atoms with Gasteiger partial charge in [-0.25, -0.2) is 9.78 Å². The number of pyridine rings is 1. The van der Waals surface area contributed by atoms with Gasteiger partial charge in [0, 0.05) is 20.3 Å². The summed E-state index contributed by atoms with van der Waals surface area (Å²) in [6.07, 6.45) is 2.01. The molecule has 3 heterocycles. The van der Waals surface area contributed by atoms with Gasteiger partial charge in [-0.2, -0.15) is 4.99 Å². The van der Waals surface area contributed by atoms with Crippen LogP contribution >= 0.6 is 11.8 Å². The number of aliphatic imine (C=N–C) groups is 1. The highest BCUT2D eigenvalue weighted by molar-refractivity contribution is 8.15. The molecule has 1 atom stereocenters. The molecule has 1 aromatic carbocycles. The van der Waals surface area contributed by atoms with Crippen molar-refractivity contribution in [3.63, 3.8) is 0 Å². The molecule has 33 heavy (non-hydrogen) atoms. The average molecular weight is 467 g/mol. The number of fused-ring (bicyclic) bond motifs is 1. The van der Waals surface area contributed by atoms with Gasteiger partial charge in [-0.1, -0.05) is 36.0 Å². The second-order valence-electron chi connectivity index (χ2n) is 7.84. The van der Waals surface area contributed by atoms with Crippen molar-refractivity contribution in [1.29, 1.82) is 0 Å². The molecule has 0 saturated carbocycles. The summed E-state index contributed by atoms with van der Waals surface area (Å²) in [5, 5.41) is 0.210. The van der Waals surface area contributed by atoms with Gasteiger partial charge in [0.2, 0.25) is 5.91 Å². The van der Waals surface area contributed by atoms with E-state index in [1.807, 2.05) is 24.3 Å². The van der Waals surface area contributed by atoms with Gasteiger partial charge < -0.3 is 10.6 Å². The Balaban J connectivity index is 1.66. The van der Waals surface area contributed by atoms with Gasteiger partial charge >= 0.3 is 5.69 Å². The zero-order chi connectivity index (χ0) is 23.7. The number of hydrogen-bond donors (Lipinski definition) is 1. The van der Waals surface area contributed by atoms with Crippen molar-refractivity contribution < 1.29 is 9.59 Å². The van der Waals surface area contributed by atoms with Gasteiger partial charge in [0.15, 0.2) is 5.17 Å². The number of likely N-dealkylation sites (N-methyl/N-ethyl adjacent to an activating group) is 1. The lowest BCUT2D eigenvalue weighted by Gasteiger charge is -2.15. The lowest BCUT2D eigenvalue weighted by Crippen LogP contribution is -2.44. The minimum Gasteiger partial charge on any atom is -0.378 e. The first-order valence-corrected chi connectivity index (χ1v) is 11.0. The third kappa shape index (κ3) is 4.58. The van der Waals surface area contributed by atoms with Crippen molar-refractivity contribution in [2.75, 3.05) is 14.1 Å².